The molecule has 1 rings (SSSR count). The van der Waals surface area contributed by atoms with E-state index in [1.54, 1.807) is 6.26 Å². The molecule has 1 atom stereocenters. The predicted molar refractivity (Wildman–Crippen MR) is 40.6 cm³/mol. The fraction of sp³-hybridized carbons (Fsp3) is 0.714. The van der Waals surface area contributed by atoms with Crippen molar-refractivity contribution in [3.8, 4) is 0 Å². The van der Waals surface area contributed by atoms with E-state index in [1.165, 1.54) is 0 Å². The van der Waals surface area contributed by atoms with E-state index in [0.29, 0.717) is 0 Å². The summed E-state index contributed by atoms with van der Waals surface area (Å²) in [6.45, 7) is 2.71. The first-order chi connectivity index (χ1) is 4.43. The molecular formula is C7H12NaO2. The van der Waals surface area contributed by atoms with Crippen molar-refractivity contribution in [2.24, 2.45) is 0 Å². The minimum Gasteiger partial charge on any atom is -0.473 e. The summed E-state index contributed by atoms with van der Waals surface area (Å²) >= 11 is 0. The van der Waals surface area contributed by atoms with Crippen LogP contribution in [0.15, 0.2) is 12.3 Å². The summed E-state index contributed by atoms with van der Waals surface area (Å²) < 4.78 is 10.3. The standard InChI is InChI=1S/C7H12O2.Na/c1-2-8-7-5-3-4-6-9-7;/h4,6-7H,2-3,5H2,1H3;. The number of allylic oxidation sites excluding steroid dienone is 1. The van der Waals surface area contributed by atoms with Crippen LogP contribution in [0.4, 0.5) is 0 Å². The van der Waals surface area contributed by atoms with E-state index in [1.807, 2.05) is 13.0 Å². The van der Waals surface area contributed by atoms with Gasteiger partial charge in [0.15, 0.2) is 6.29 Å². The van der Waals surface area contributed by atoms with Gasteiger partial charge in [-0.1, -0.05) is 0 Å². The zero-order chi connectivity index (χ0) is 6.53. The van der Waals surface area contributed by atoms with Crippen LogP contribution in [-0.2, 0) is 9.47 Å². The second kappa shape index (κ2) is 6.23. The molecule has 1 heterocycles. The third kappa shape index (κ3) is 3.62. The van der Waals surface area contributed by atoms with E-state index >= 15 is 0 Å². The first kappa shape index (κ1) is 10.5. The molecule has 0 aliphatic carbocycles. The average Bonchev–Trinajstić information content (AvgIpc) is 1.91. The summed E-state index contributed by atoms with van der Waals surface area (Å²) in [5.74, 6) is 0. The summed E-state index contributed by atoms with van der Waals surface area (Å²) in [5.41, 5.74) is 0. The van der Waals surface area contributed by atoms with Gasteiger partial charge in [-0.05, 0) is 19.4 Å². The Hall–Kier alpha value is 0.500. The van der Waals surface area contributed by atoms with E-state index in [2.05, 4.69) is 0 Å². The number of rotatable bonds is 2. The zero-order valence-corrected chi connectivity index (χ0v) is 8.67. The van der Waals surface area contributed by atoms with Crippen molar-refractivity contribution >= 4 is 29.6 Å². The topological polar surface area (TPSA) is 18.5 Å². The smallest absolute Gasteiger partial charge is 0.199 e. The summed E-state index contributed by atoms with van der Waals surface area (Å²) in [6.07, 6.45) is 5.80. The molecule has 0 saturated heterocycles. The van der Waals surface area contributed by atoms with Crippen molar-refractivity contribution in [2.75, 3.05) is 6.61 Å². The fourth-order valence-electron chi connectivity index (χ4n) is 0.820. The van der Waals surface area contributed by atoms with Gasteiger partial charge in [0.1, 0.15) is 0 Å². The van der Waals surface area contributed by atoms with Gasteiger partial charge >= 0.3 is 0 Å². The van der Waals surface area contributed by atoms with Gasteiger partial charge in [0.25, 0.3) is 0 Å². The molecule has 0 N–H and O–H groups in total. The maximum atomic E-state index is 5.21. The van der Waals surface area contributed by atoms with Crippen LogP contribution in [0.5, 0.6) is 0 Å². The van der Waals surface area contributed by atoms with Gasteiger partial charge in [-0.3, -0.25) is 0 Å². The van der Waals surface area contributed by atoms with Crippen molar-refractivity contribution < 1.29 is 9.47 Å². The van der Waals surface area contributed by atoms with Crippen molar-refractivity contribution in [3.05, 3.63) is 12.3 Å². The number of ether oxygens (including phenoxy) is 2. The molecule has 0 bridgehead atoms. The third-order valence-electron chi connectivity index (χ3n) is 1.25. The second-order valence-electron chi connectivity index (χ2n) is 1.97. The van der Waals surface area contributed by atoms with Gasteiger partial charge in [-0.25, -0.2) is 0 Å². The van der Waals surface area contributed by atoms with Crippen LogP contribution in [0, 0.1) is 0 Å². The molecule has 1 aliphatic heterocycles. The first-order valence-electron chi connectivity index (χ1n) is 3.35. The molecule has 10 heavy (non-hydrogen) atoms. The Labute approximate surface area is 83.9 Å². The van der Waals surface area contributed by atoms with E-state index in [0.717, 1.165) is 19.4 Å². The molecule has 1 radical (unpaired) electrons. The normalized spacial score (nSPS) is 23.1. The predicted octanol–water partition coefficient (Wildman–Crippen LogP) is 1.29. The van der Waals surface area contributed by atoms with Crippen LogP contribution in [-0.4, -0.2) is 42.5 Å². The molecule has 0 fully saturated rings. The Kier molecular flexibility index (Phi) is 6.54. The van der Waals surface area contributed by atoms with Crippen LogP contribution in [0.3, 0.4) is 0 Å². The third-order valence-corrected chi connectivity index (χ3v) is 1.25. The minimum absolute atomic E-state index is 0. The van der Waals surface area contributed by atoms with Crippen LogP contribution < -0.4 is 0 Å². The molecule has 2 nitrogen and oxygen atoms in total. The summed E-state index contributed by atoms with van der Waals surface area (Å²) in [5, 5.41) is 0. The Bertz CT molecular complexity index is 104. The van der Waals surface area contributed by atoms with E-state index in [-0.39, 0.29) is 35.8 Å². The van der Waals surface area contributed by atoms with Gasteiger partial charge in [0.05, 0.1) is 6.26 Å². The average molecular weight is 151 g/mol. The molecule has 3 heteroatoms. The molecule has 0 aromatic carbocycles. The van der Waals surface area contributed by atoms with Gasteiger partial charge in [0.2, 0.25) is 0 Å². The maximum Gasteiger partial charge on any atom is 0.199 e. The van der Waals surface area contributed by atoms with Gasteiger partial charge in [0, 0.05) is 42.6 Å². The SMILES string of the molecule is CCOC1CCC=CO1.[Na]. The van der Waals surface area contributed by atoms with Crippen LogP contribution in [0.2, 0.25) is 0 Å². The Balaban J connectivity index is 0.000000810. The minimum atomic E-state index is 0. The Morgan fingerprint density at radius 3 is 3.00 bits per heavy atom. The molecule has 0 aromatic heterocycles. The fourth-order valence-corrected chi connectivity index (χ4v) is 0.820. The molecule has 0 saturated carbocycles. The van der Waals surface area contributed by atoms with Crippen LogP contribution in [0.25, 0.3) is 0 Å². The monoisotopic (exact) mass is 151 g/mol. The summed E-state index contributed by atoms with van der Waals surface area (Å²) in [7, 11) is 0. The first-order valence-corrected chi connectivity index (χ1v) is 3.35. The summed E-state index contributed by atoms with van der Waals surface area (Å²) in [4.78, 5) is 0. The molecular weight excluding hydrogens is 139 g/mol. The Morgan fingerprint density at radius 1 is 1.70 bits per heavy atom. The molecule has 53 valence electrons. The van der Waals surface area contributed by atoms with Crippen molar-refractivity contribution in [2.45, 2.75) is 26.1 Å². The maximum absolute atomic E-state index is 5.21. The summed E-state index contributed by atoms with van der Waals surface area (Å²) in [6, 6.07) is 0. The van der Waals surface area contributed by atoms with E-state index in [9.17, 15) is 0 Å². The van der Waals surface area contributed by atoms with E-state index in [4.69, 9.17) is 9.47 Å². The van der Waals surface area contributed by atoms with Gasteiger partial charge < -0.3 is 9.47 Å². The van der Waals surface area contributed by atoms with Gasteiger partial charge in [-0.2, -0.15) is 0 Å². The van der Waals surface area contributed by atoms with Crippen LogP contribution in [0.1, 0.15) is 19.8 Å². The van der Waals surface area contributed by atoms with Crippen molar-refractivity contribution in [3.63, 3.8) is 0 Å². The molecule has 0 amide bonds. The Morgan fingerprint density at radius 2 is 2.50 bits per heavy atom. The van der Waals surface area contributed by atoms with Crippen molar-refractivity contribution in [1.82, 2.24) is 0 Å². The molecule has 1 unspecified atom stereocenters. The number of hydrogen-bond acceptors (Lipinski definition) is 2. The molecule has 0 spiro atoms. The van der Waals surface area contributed by atoms with E-state index < -0.39 is 0 Å². The zero-order valence-electron chi connectivity index (χ0n) is 6.67. The molecule has 0 aromatic rings. The number of hydrogen-bond donors (Lipinski definition) is 0. The second-order valence-corrected chi connectivity index (χ2v) is 1.97. The van der Waals surface area contributed by atoms with Crippen molar-refractivity contribution in [1.29, 1.82) is 0 Å². The molecule has 1 aliphatic rings. The van der Waals surface area contributed by atoms with Gasteiger partial charge in [-0.15, -0.1) is 0 Å². The van der Waals surface area contributed by atoms with Crippen LogP contribution >= 0.6 is 0 Å². The largest absolute Gasteiger partial charge is 0.473 e. The quantitative estimate of drug-likeness (QED) is 0.554.